The van der Waals surface area contributed by atoms with Crippen LogP contribution in [0.5, 0.6) is 11.5 Å². The number of carbonyl (C=O) groups is 1. The van der Waals surface area contributed by atoms with E-state index in [0.717, 1.165) is 16.4 Å². The van der Waals surface area contributed by atoms with Crippen LogP contribution in [0, 0.1) is 13.8 Å². The molecule has 0 radical (unpaired) electrons. The normalized spacial score (nSPS) is 10.7. The Kier molecular flexibility index (Phi) is 7.63. The molecule has 6 nitrogen and oxygen atoms in total. The van der Waals surface area contributed by atoms with Gasteiger partial charge in [-0.25, -0.2) is 4.98 Å². The standard InChI is InChI=1S/C24H29N3O3S/c1-6-26(15-19-7-8-21(29-4)22(14-19)30-5)23(28)16-31-24-25-9-10-27(24)20-12-17(2)11-18(3)13-20/h7-14H,6,15-16H2,1-5H3. The molecule has 164 valence electrons. The van der Waals surface area contributed by atoms with E-state index in [0.29, 0.717) is 30.3 Å². The van der Waals surface area contributed by atoms with Crippen molar-refractivity contribution in [3.63, 3.8) is 0 Å². The second-order valence-corrected chi connectivity index (χ2v) is 8.25. The second-order valence-electron chi connectivity index (χ2n) is 7.31. The van der Waals surface area contributed by atoms with Gasteiger partial charge < -0.3 is 14.4 Å². The van der Waals surface area contributed by atoms with Crippen LogP contribution < -0.4 is 9.47 Å². The summed E-state index contributed by atoms with van der Waals surface area (Å²) in [7, 11) is 3.22. The third-order valence-corrected chi connectivity index (χ3v) is 5.92. The van der Waals surface area contributed by atoms with E-state index in [2.05, 4.69) is 37.0 Å². The topological polar surface area (TPSA) is 56.6 Å². The maximum Gasteiger partial charge on any atom is 0.233 e. The third kappa shape index (κ3) is 5.61. The average Bonchev–Trinajstić information content (AvgIpc) is 3.23. The van der Waals surface area contributed by atoms with Crippen molar-refractivity contribution in [2.75, 3.05) is 26.5 Å². The summed E-state index contributed by atoms with van der Waals surface area (Å²) in [6, 6.07) is 12.1. The number of aryl methyl sites for hydroxylation is 2. The fourth-order valence-electron chi connectivity index (χ4n) is 3.48. The van der Waals surface area contributed by atoms with Crippen LogP contribution in [-0.2, 0) is 11.3 Å². The number of ether oxygens (including phenoxy) is 2. The molecule has 1 amide bonds. The molecule has 0 saturated carbocycles. The Morgan fingerprint density at radius 3 is 2.42 bits per heavy atom. The van der Waals surface area contributed by atoms with Gasteiger partial charge in [0.05, 0.1) is 20.0 Å². The Morgan fingerprint density at radius 2 is 1.77 bits per heavy atom. The van der Waals surface area contributed by atoms with Crippen molar-refractivity contribution in [1.29, 1.82) is 0 Å². The van der Waals surface area contributed by atoms with Crippen molar-refractivity contribution >= 4 is 17.7 Å². The van der Waals surface area contributed by atoms with Crippen LogP contribution in [0.4, 0.5) is 0 Å². The maximum absolute atomic E-state index is 12.9. The van der Waals surface area contributed by atoms with Crippen LogP contribution in [0.3, 0.4) is 0 Å². The fourth-order valence-corrected chi connectivity index (χ4v) is 4.35. The quantitative estimate of drug-likeness (QED) is 0.455. The summed E-state index contributed by atoms with van der Waals surface area (Å²) in [5.41, 5.74) is 4.45. The molecule has 0 fully saturated rings. The molecule has 3 aromatic rings. The minimum atomic E-state index is 0.0669. The molecule has 0 bridgehead atoms. The summed E-state index contributed by atoms with van der Waals surface area (Å²) < 4.78 is 12.7. The first-order chi connectivity index (χ1) is 14.9. The Balaban J connectivity index is 1.68. The van der Waals surface area contributed by atoms with E-state index in [-0.39, 0.29) is 5.91 Å². The Bertz CT molecular complexity index is 1030. The Labute approximate surface area is 188 Å². The number of imidazole rings is 1. The molecule has 31 heavy (non-hydrogen) atoms. The van der Waals surface area contributed by atoms with E-state index >= 15 is 0 Å². The second kappa shape index (κ2) is 10.4. The molecule has 0 aliphatic rings. The molecule has 2 aromatic carbocycles. The highest BCUT2D eigenvalue weighted by molar-refractivity contribution is 7.99. The molecule has 0 aliphatic heterocycles. The molecule has 0 atom stereocenters. The number of benzene rings is 2. The van der Waals surface area contributed by atoms with Gasteiger partial charge in [-0.05, 0) is 61.7 Å². The van der Waals surface area contributed by atoms with Gasteiger partial charge >= 0.3 is 0 Å². The Morgan fingerprint density at radius 1 is 1.06 bits per heavy atom. The lowest BCUT2D eigenvalue weighted by molar-refractivity contribution is -0.128. The van der Waals surface area contributed by atoms with Gasteiger partial charge in [0.15, 0.2) is 16.7 Å². The molecule has 1 heterocycles. The van der Waals surface area contributed by atoms with E-state index in [9.17, 15) is 4.79 Å². The zero-order valence-electron chi connectivity index (χ0n) is 18.7. The lowest BCUT2D eigenvalue weighted by Crippen LogP contribution is -2.31. The minimum absolute atomic E-state index is 0.0669. The number of methoxy groups -OCH3 is 2. The predicted octanol–water partition coefficient (Wildman–Crippen LogP) is 4.65. The van der Waals surface area contributed by atoms with Crippen molar-refractivity contribution < 1.29 is 14.3 Å². The van der Waals surface area contributed by atoms with Gasteiger partial charge in [-0.2, -0.15) is 0 Å². The van der Waals surface area contributed by atoms with E-state index in [1.54, 1.807) is 20.4 Å². The first-order valence-electron chi connectivity index (χ1n) is 10.2. The lowest BCUT2D eigenvalue weighted by Gasteiger charge is -2.21. The molecule has 7 heteroatoms. The van der Waals surface area contributed by atoms with Gasteiger partial charge in [0.1, 0.15) is 0 Å². The number of rotatable bonds is 9. The van der Waals surface area contributed by atoms with Crippen molar-refractivity contribution in [1.82, 2.24) is 14.5 Å². The summed E-state index contributed by atoms with van der Waals surface area (Å²) in [6.45, 7) is 7.29. The number of aromatic nitrogens is 2. The number of carbonyl (C=O) groups excluding carboxylic acids is 1. The zero-order valence-corrected chi connectivity index (χ0v) is 19.5. The summed E-state index contributed by atoms with van der Waals surface area (Å²) in [6.07, 6.45) is 3.70. The molecule has 0 unspecified atom stereocenters. The van der Waals surface area contributed by atoms with Gasteiger partial charge in [-0.3, -0.25) is 9.36 Å². The van der Waals surface area contributed by atoms with Crippen LogP contribution in [-0.4, -0.2) is 46.9 Å². The highest BCUT2D eigenvalue weighted by Gasteiger charge is 2.16. The number of nitrogens with zero attached hydrogens (tertiary/aromatic N) is 3. The van der Waals surface area contributed by atoms with Gasteiger partial charge in [0, 0.05) is 31.2 Å². The highest BCUT2D eigenvalue weighted by atomic mass is 32.2. The van der Waals surface area contributed by atoms with Crippen LogP contribution in [0.15, 0.2) is 53.9 Å². The summed E-state index contributed by atoms with van der Waals surface area (Å²) in [5.74, 6) is 1.73. The van der Waals surface area contributed by atoms with Crippen LogP contribution in [0.1, 0.15) is 23.6 Å². The number of hydrogen-bond donors (Lipinski definition) is 0. The van der Waals surface area contributed by atoms with Crippen molar-refractivity contribution in [2.24, 2.45) is 0 Å². The van der Waals surface area contributed by atoms with Crippen LogP contribution in [0.25, 0.3) is 5.69 Å². The number of thioether (sulfide) groups is 1. The minimum Gasteiger partial charge on any atom is -0.493 e. The van der Waals surface area contributed by atoms with E-state index in [4.69, 9.17) is 9.47 Å². The van der Waals surface area contributed by atoms with Crippen LogP contribution in [0.2, 0.25) is 0 Å². The maximum atomic E-state index is 12.9. The summed E-state index contributed by atoms with van der Waals surface area (Å²) in [4.78, 5) is 19.2. The van der Waals surface area contributed by atoms with Crippen molar-refractivity contribution in [3.8, 4) is 17.2 Å². The third-order valence-electron chi connectivity index (χ3n) is 4.97. The summed E-state index contributed by atoms with van der Waals surface area (Å²) >= 11 is 1.45. The highest BCUT2D eigenvalue weighted by Crippen LogP contribution is 2.28. The molecular weight excluding hydrogens is 410 g/mol. The monoisotopic (exact) mass is 439 g/mol. The molecule has 0 spiro atoms. The number of amides is 1. The van der Waals surface area contributed by atoms with E-state index in [1.165, 1.54) is 22.9 Å². The first-order valence-corrected chi connectivity index (χ1v) is 11.2. The van der Waals surface area contributed by atoms with Gasteiger partial charge in [-0.1, -0.05) is 23.9 Å². The fraction of sp³-hybridized carbons (Fsp3) is 0.333. The van der Waals surface area contributed by atoms with Crippen molar-refractivity contribution in [3.05, 3.63) is 65.5 Å². The molecule has 1 aromatic heterocycles. The number of hydrogen-bond acceptors (Lipinski definition) is 5. The lowest BCUT2D eigenvalue weighted by atomic mass is 10.1. The van der Waals surface area contributed by atoms with Crippen LogP contribution >= 0.6 is 11.8 Å². The Hall–Kier alpha value is -2.93. The SMILES string of the molecule is CCN(Cc1ccc(OC)c(OC)c1)C(=O)CSc1nccn1-c1cc(C)cc(C)c1. The zero-order chi connectivity index (χ0) is 22.4. The van der Waals surface area contributed by atoms with E-state index < -0.39 is 0 Å². The van der Waals surface area contributed by atoms with Gasteiger partial charge in [0.2, 0.25) is 5.91 Å². The molecule has 0 N–H and O–H groups in total. The smallest absolute Gasteiger partial charge is 0.233 e. The first kappa shape index (κ1) is 22.7. The molecule has 0 aliphatic carbocycles. The summed E-state index contributed by atoms with van der Waals surface area (Å²) in [5, 5.41) is 0.806. The molecule has 3 rings (SSSR count). The predicted molar refractivity (Wildman–Crippen MR) is 124 cm³/mol. The van der Waals surface area contributed by atoms with Gasteiger partial charge in [0.25, 0.3) is 0 Å². The molecule has 0 saturated heterocycles. The van der Waals surface area contributed by atoms with E-state index in [1.807, 2.05) is 40.8 Å². The average molecular weight is 440 g/mol. The van der Waals surface area contributed by atoms with Gasteiger partial charge in [-0.15, -0.1) is 0 Å². The molecular formula is C24H29N3O3S. The van der Waals surface area contributed by atoms with Crippen molar-refractivity contribution in [2.45, 2.75) is 32.5 Å². The largest absolute Gasteiger partial charge is 0.493 e.